The fourth-order valence-corrected chi connectivity index (χ4v) is 1.65. The van der Waals surface area contributed by atoms with Crippen LogP contribution < -0.4 is 10.1 Å². The molecule has 0 saturated heterocycles. The first-order chi connectivity index (χ1) is 8.13. The highest BCUT2D eigenvalue weighted by Gasteiger charge is 2.01. The average molecular weight is 258 g/mol. The van der Waals surface area contributed by atoms with E-state index in [2.05, 4.69) is 5.32 Å². The number of ether oxygens (including phenoxy) is 1. The molecule has 1 rings (SSSR count). The molecule has 0 aliphatic heterocycles. The summed E-state index contributed by atoms with van der Waals surface area (Å²) in [7, 11) is 0. The van der Waals surface area contributed by atoms with Crippen molar-refractivity contribution in [3.05, 3.63) is 28.8 Å². The van der Waals surface area contributed by atoms with Crippen LogP contribution in [0.15, 0.2) is 18.2 Å². The third-order valence-corrected chi connectivity index (χ3v) is 2.76. The zero-order valence-electron chi connectivity index (χ0n) is 10.4. The predicted molar refractivity (Wildman–Crippen MR) is 70.9 cm³/mol. The summed E-state index contributed by atoms with van der Waals surface area (Å²) in [6, 6.07) is 5.57. The Morgan fingerprint density at radius 1 is 1.47 bits per heavy atom. The van der Waals surface area contributed by atoms with Crippen LogP contribution in [0.4, 0.5) is 0 Å². The second-order valence-electron chi connectivity index (χ2n) is 4.02. The van der Waals surface area contributed by atoms with Gasteiger partial charge in [0.05, 0.1) is 6.10 Å². The first-order valence-electron chi connectivity index (χ1n) is 5.91. The SMILES string of the molecule is CCC(O)CNCCOc1ccc(Cl)cc1C. The Morgan fingerprint density at radius 3 is 2.88 bits per heavy atom. The maximum atomic E-state index is 9.33. The zero-order chi connectivity index (χ0) is 12.7. The smallest absolute Gasteiger partial charge is 0.122 e. The summed E-state index contributed by atoms with van der Waals surface area (Å²) in [4.78, 5) is 0. The van der Waals surface area contributed by atoms with E-state index < -0.39 is 0 Å². The normalized spacial score (nSPS) is 12.5. The number of hydrogen-bond acceptors (Lipinski definition) is 3. The monoisotopic (exact) mass is 257 g/mol. The standard InChI is InChI=1S/C13H20ClNO2/c1-3-12(16)9-15-6-7-17-13-5-4-11(14)8-10(13)2/h4-5,8,12,15-16H,3,6-7,9H2,1-2H3. The summed E-state index contributed by atoms with van der Waals surface area (Å²) in [5.41, 5.74) is 1.03. The summed E-state index contributed by atoms with van der Waals surface area (Å²) in [6.45, 7) is 5.84. The van der Waals surface area contributed by atoms with E-state index in [4.69, 9.17) is 16.3 Å². The van der Waals surface area contributed by atoms with Crippen LogP contribution in [0, 0.1) is 6.92 Å². The van der Waals surface area contributed by atoms with Crippen molar-refractivity contribution in [3.63, 3.8) is 0 Å². The van der Waals surface area contributed by atoms with Gasteiger partial charge in [-0.25, -0.2) is 0 Å². The van der Waals surface area contributed by atoms with Gasteiger partial charge in [0.25, 0.3) is 0 Å². The predicted octanol–water partition coefficient (Wildman–Crippen LogP) is 2.39. The lowest BCUT2D eigenvalue weighted by Crippen LogP contribution is -2.29. The fourth-order valence-electron chi connectivity index (χ4n) is 1.42. The summed E-state index contributed by atoms with van der Waals surface area (Å²) < 4.78 is 5.60. The Balaban J connectivity index is 2.22. The van der Waals surface area contributed by atoms with Gasteiger partial charge in [-0.2, -0.15) is 0 Å². The minimum Gasteiger partial charge on any atom is -0.492 e. The van der Waals surface area contributed by atoms with Crippen molar-refractivity contribution < 1.29 is 9.84 Å². The van der Waals surface area contributed by atoms with E-state index in [0.29, 0.717) is 13.2 Å². The summed E-state index contributed by atoms with van der Waals surface area (Å²) >= 11 is 5.86. The Kier molecular flexibility index (Phi) is 6.34. The van der Waals surface area contributed by atoms with Crippen molar-refractivity contribution in [1.29, 1.82) is 0 Å². The van der Waals surface area contributed by atoms with Crippen LogP contribution in [-0.2, 0) is 0 Å². The molecule has 1 aromatic carbocycles. The molecule has 3 nitrogen and oxygen atoms in total. The number of benzene rings is 1. The topological polar surface area (TPSA) is 41.5 Å². The molecule has 0 aliphatic rings. The van der Waals surface area contributed by atoms with Gasteiger partial charge in [0.1, 0.15) is 12.4 Å². The minimum absolute atomic E-state index is 0.271. The van der Waals surface area contributed by atoms with Crippen LogP contribution in [0.5, 0.6) is 5.75 Å². The van der Waals surface area contributed by atoms with E-state index in [-0.39, 0.29) is 6.10 Å². The molecule has 0 spiro atoms. The molecule has 1 aromatic rings. The number of aliphatic hydroxyl groups excluding tert-OH is 1. The van der Waals surface area contributed by atoms with Crippen molar-refractivity contribution in [2.24, 2.45) is 0 Å². The third kappa shape index (κ3) is 5.39. The lowest BCUT2D eigenvalue weighted by molar-refractivity contribution is 0.165. The lowest BCUT2D eigenvalue weighted by Gasteiger charge is -2.11. The molecule has 0 amide bonds. The van der Waals surface area contributed by atoms with E-state index >= 15 is 0 Å². The van der Waals surface area contributed by atoms with E-state index in [1.807, 2.05) is 32.0 Å². The van der Waals surface area contributed by atoms with Gasteiger partial charge in [-0.15, -0.1) is 0 Å². The number of aliphatic hydroxyl groups is 1. The fraction of sp³-hybridized carbons (Fsp3) is 0.538. The highest BCUT2D eigenvalue weighted by Crippen LogP contribution is 2.21. The highest BCUT2D eigenvalue weighted by atomic mass is 35.5. The molecule has 1 atom stereocenters. The second-order valence-corrected chi connectivity index (χ2v) is 4.46. The van der Waals surface area contributed by atoms with Gasteiger partial charge in [0.2, 0.25) is 0 Å². The van der Waals surface area contributed by atoms with Gasteiger partial charge in [-0.1, -0.05) is 18.5 Å². The highest BCUT2D eigenvalue weighted by molar-refractivity contribution is 6.30. The molecular weight excluding hydrogens is 238 g/mol. The van der Waals surface area contributed by atoms with Gasteiger partial charge in [0, 0.05) is 18.1 Å². The quantitative estimate of drug-likeness (QED) is 0.737. The van der Waals surface area contributed by atoms with Crippen LogP contribution >= 0.6 is 11.6 Å². The van der Waals surface area contributed by atoms with Gasteiger partial charge in [0.15, 0.2) is 0 Å². The Hall–Kier alpha value is -0.770. The van der Waals surface area contributed by atoms with E-state index in [9.17, 15) is 5.11 Å². The van der Waals surface area contributed by atoms with E-state index in [1.165, 1.54) is 0 Å². The van der Waals surface area contributed by atoms with E-state index in [0.717, 1.165) is 29.3 Å². The van der Waals surface area contributed by atoms with Crippen LogP contribution in [0.1, 0.15) is 18.9 Å². The molecule has 17 heavy (non-hydrogen) atoms. The maximum Gasteiger partial charge on any atom is 0.122 e. The number of hydrogen-bond donors (Lipinski definition) is 2. The number of aryl methyl sites for hydroxylation is 1. The van der Waals surface area contributed by atoms with Gasteiger partial charge in [-0.3, -0.25) is 0 Å². The van der Waals surface area contributed by atoms with E-state index in [1.54, 1.807) is 0 Å². The lowest BCUT2D eigenvalue weighted by atomic mass is 10.2. The molecule has 0 bridgehead atoms. The first-order valence-corrected chi connectivity index (χ1v) is 6.29. The van der Waals surface area contributed by atoms with Crippen LogP contribution in [0.25, 0.3) is 0 Å². The maximum absolute atomic E-state index is 9.33. The largest absolute Gasteiger partial charge is 0.492 e. The van der Waals surface area contributed by atoms with Crippen molar-refractivity contribution in [2.75, 3.05) is 19.7 Å². The van der Waals surface area contributed by atoms with Gasteiger partial charge >= 0.3 is 0 Å². The van der Waals surface area contributed by atoms with Crippen molar-refractivity contribution in [2.45, 2.75) is 26.4 Å². The molecule has 96 valence electrons. The van der Waals surface area contributed by atoms with Crippen LogP contribution in [0.2, 0.25) is 5.02 Å². The number of halogens is 1. The van der Waals surface area contributed by atoms with Crippen LogP contribution in [0.3, 0.4) is 0 Å². The Labute approximate surface area is 108 Å². The van der Waals surface area contributed by atoms with Crippen molar-refractivity contribution in [3.8, 4) is 5.75 Å². The summed E-state index contributed by atoms with van der Waals surface area (Å²) in [5, 5.41) is 13.2. The number of rotatable bonds is 7. The minimum atomic E-state index is -0.271. The molecule has 0 heterocycles. The molecule has 0 aliphatic carbocycles. The summed E-state index contributed by atoms with van der Waals surface area (Å²) in [5.74, 6) is 0.854. The van der Waals surface area contributed by atoms with Crippen LogP contribution in [-0.4, -0.2) is 30.9 Å². The molecule has 0 aromatic heterocycles. The Morgan fingerprint density at radius 2 is 2.24 bits per heavy atom. The zero-order valence-corrected chi connectivity index (χ0v) is 11.1. The molecular formula is C13H20ClNO2. The molecule has 0 saturated carbocycles. The average Bonchev–Trinajstić information content (AvgIpc) is 2.30. The Bertz CT molecular complexity index is 344. The van der Waals surface area contributed by atoms with Gasteiger partial charge in [-0.05, 0) is 37.1 Å². The molecule has 2 N–H and O–H groups in total. The molecule has 4 heteroatoms. The van der Waals surface area contributed by atoms with Crippen molar-refractivity contribution >= 4 is 11.6 Å². The second kappa shape index (κ2) is 7.54. The van der Waals surface area contributed by atoms with Gasteiger partial charge < -0.3 is 15.2 Å². The molecule has 1 unspecified atom stereocenters. The molecule has 0 fully saturated rings. The summed E-state index contributed by atoms with van der Waals surface area (Å²) in [6.07, 6.45) is 0.497. The number of nitrogens with one attached hydrogen (secondary N) is 1. The third-order valence-electron chi connectivity index (χ3n) is 2.52. The molecule has 0 radical (unpaired) electrons. The van der Waals surface area contributed by atoms with Crippen molar-refractivity contribution in [1.82, 2.24) is 5.32 Å². The first kappa shape index (κ1) is 14.3.